The molecule has 1 aliphatic heterocycles. The van der Waals surface area contributed by atoms with Crippen LogP contribution in [0.25, 0.3) is 0 Å². The van der Waals surface area contributed by atoms with Gasteiger partial charge in [-0.05, 0) is 33.6 Å². The second-order valence-electron chi connectivity index (χ2n) is 6.62. The molecule has 0 aromatic carbocycles. The van der Waals surface area contributed by atoms with Crippen molar-refractivity contribution in [3.8, 4) is 0 Å². The van der Waals surface area contributed by atoms with E-state index in [1.807, 2.05) is 13.8 Å². The fourth-order valence-electron chi connectivity index (χ4n) is 3.63. The van der Waals surface area contributed by atoms with E-state index in [-0.39, 0.29) is 16.5 Å². The lowest BCUT2D eigenvalue weighted by Crippen LogP contribution is -2.40. The number of nitrogens with zero attached hydrogens (tertiary/aromatic N) is 6. The van der Waals surface area contributed by atoms with Crippen molar-refractivity contribution in [1.82, 2.24) is 28.4 Å². The molecule has 9 nitrogen and oxygen atoms in total. The van der Waals surface area contributed by atoms with Gasteiger partial charge in [0.25, 0.3) is 0 Å². The van der Waals surface area contributed by atoms with Gasteiger partial charge < -0.3 is 0 Å². The molecule has 1 unspecified atom stereocenters. The van der Waals surface area contributed by atoms with E-state index in [4.69, 9.17) is 0 Å². The number of piperidine rings is 1. The molecule has 1 atom stereocenters. The predicted molar refractivity (Wildman–Crippen MR) is 96.5 cm³/mol. The fourth-order valence-corrected chi connectivity index (χ4v) is 5.32. The molecule has 3 rings (SSSR count). The quantitative estimate of drug-likeness (QED) is 0.758. The SMILES string of the molecule is CCn1ncc(S(=O)(=O)N2CCCC(c3nn(C)c(=O)n3CC)C2)c1C. The Bertz CT molecular complexity index is 955. The Balaban J connectivity index is 1.92. The second-order valence-corrected chi connectivity index (χ2v) is 8.53. The third kappa shape index (κ3) is 3.01. The van der Waals surface area contributed by atoms with Gasteiger partial charge in [0.15, 0.2) is 0 Å². The number of rotatable bonds is 5. The predicted octanol–water partition coefficient (Wildman–Crippen LogP) is 0.695. The molecule has 1 fully saturated rings. The molecule has 0 amide bonds. The average Bonchev–Trinajstić information content (AvgIpc) is 3.15. The molecule has 1 saturated heterocycles. The molecule has 2 aromatic rings. The number of sulfonamides is 1. The molecule has 10 heteroatoms. The lowest BCUT2D eigenvalue weighted by molar-refractivity contribution is 0.304. The minimum atomic E-state index is -3.62. The van der Waals surface area contributed by atoms with Crippen molar-refractivity contribution in [2.45, 2.75) is 57.5 Å². The Hall–Kier alpha value is -1.94. The summed E-state index contributed by atoms with van der Waals surface area (Å²) in [6.45, 7) is 7.55. The van der Waals surface area contributed by atoms with Gasteiger partial charge >= 0.3 is 5.69 Å². The lowest BCUT2D eigenvalue weighted by atomic mass is 9.99. The van der Waals surface area contributed by atoms with Crippen LogP contribution in [-0.4, -0.2) is 49.9 Å². The van der Waals surface area contributed by atoms with Gasteiger partial charge in [-0.25, -0.2) is 17.9 Å². The lowest BCUT2D eigenvalue weighted by Gasteiger charge is -2.31. The van der Waals surface area contributed by atoms with Crippen molar-refractivity contribution >= 4 is 10.0 Å². The van der Waals surface area contributed by atoms with Crippen molar-refractivity contribution in [2.24, 2.45) is 7.05 Å². The highest BCUT2D eigenvalue weighted by Crippen LogP contribution is 2.30. The van der Waals surface area contributed by atoms with Crippen LogP contribution in [0.1, 0.15) is 44.1 Å². The Labute approximate surface area is 153 Å². The van der Waals surface area contributed by atoms with Gasteiger partial charge in [0.2, 0.25) is 10.0 Å². The summed E-state index contributed by atoms with van der Waals surface area (Å²) in [5.41, 5.74) is 0.487. The molecule has 0 spiro atoms. The molecule has 26 heavy (non-hydrogen) atoms. The van der Waals surface area contributed by atoms with Crippen LogP contribution < -0.4 is 5.69 Å². The molecular formula is C16H26N6O3S. The van der Waals surface area contributed by atoms with E-state index in [9.17, 15) is 13.2 Å². The third-order valence-corrected chi connectivity index (χ3v) is 7.05. The summed E-state index contributed by atoms with van der Waals surface area (Å²) in [6.07, 6.45) is 2.98. The van der Waals surface area contributed by atoms with Crippen LogP contribution in [0.15, 0.2) is 15.9 Å². The normalized spacial score (nSPS) is 19.2. The van der Waals surface area contributed by atoms with E-state index in [1.165, 1.54) is 15.2 Å². The van der Waals surface area contributed by atoms with Gasteiger partial charge in [0.05, 0.1) is 11.9 Å². The van der Waals surface area contributed by atoms with Crippen molar-refractivity contribution in [2.75, 3.05) is 13.1 Å². The highest BCUT2D eigenvalue weighted by atomic mass is 32.2. The smallest absolute Gasteiger partial charge is 0.279 e. The Kier molecular flexibility index (Phi) is 5.07. The van der Waals surface area contributed by atoms with Gasteiger partial charge in [0.1, 0.15) is 10.7 Å². The van der Waals surface area contributed by atoms with Gasteiger partial charge in [-0.1, -0.05) is 0 Å². The summed E-state index contributed by atoms with van der Waals surface area (Å²) in [5.74, 6) is 0.578. The van der Waals surface area contributed by atoms with Crippen molar-refractivity contribution in [1.29, 1.82) is 0 Å². The van der Waals surface area contributed by atoms with Crippen LogP contribution >= 0.6 is 0 Å². The first-order valence-corrected chi connectivity index (χ1v) is 10.4. The minimum absolute atomic E-state index is 0.0890. The van der Waals surface area contributed by atoms with Crippen LogP contribution in [-0.2, 0) is 30.2 Å². The maximum Gasteiger partial charge on any atom is 0.345 e. The summed E-state index contributed by atoms with van der Waals surface area (Å²) in [4.78, 5) is 12.4. The van der Waals surface area contributed by atoms with E-state index in [0.717, 1.165) is 12.8 Å². The standard InChI is InChI=1S/C16H26N6O3S/c1-5-21-15(18-19(4)16(21)23)13-8-7-9-20(11-13)26(24,25)14-10-17-22(6-2)12(14)3/h10,13H,5-9,11H2,1-4H3. The first kappa shape index (κ1) is 18.8. The third-order valence-electron chi connectivity index (χ3n) is 5.08. The molecule has 144 valence electrons. The second kappa shape index (κ2) is 6.99. The molecule has 0 radical (unpaired) electrons. The highest BCUT2D eigenvalue weighted by molar-refractivity contribution is 7.89. The summed E-state index contributed by atoms with van der Waals surface area (Å²) in [5, 5.41) is 8.52. The van der Waals surface area contributed by atoms with Crippen molar-refractivity contribution in [3.05, 3.63) is 28.2 Å². The number of hydrogen-bond donors (Lipinski definition) is 0. The van der Waals surface area contributed by atoms with Crippen LogP contribution in [0, 0.1) is 6.92 Å². The maximum absolute atomic E-state index is 13.1. The van der Waals surface area contributed by atoms with Gasteiger partial charge in [-0.15, -0.1) is 0 Å². The monoisotopic (exact) mass is 382 g/mol. The zero-order valence-electron chi connectivity index (χ0n) is 15.7. The molecule has 2 aromatic heterocycles. The van der Waals surface area contributed by atoms with E-state index in [2.05, 4.69) is 10.2 Å². The topological polar surface area (TPSA) is 95.0 Å². The number of aryl methyl sites for hydroxylation is 2. The van der Waals surface area contributed by atoms with Crippen molar-refractivity contribution < 1.29 is 8.42 Å². The zero-order chi connectivity index (χ0) is 19.1. The summed E-state index contributed by atoms with van der Waals surface area (Å²) in [6, 6.07) is 0. The molecule has 0 saturated carbocycles. The summed E-state index contributed by atoms with van der Waals surface area (Å²) < 4.78 is 32.4. The first-order chi connectivity index (χ1) is 12.3. The Morgan fingerprint density at radius 1 is 1.27 bits per heavy atom. The van der Waals surface area contributed by atoms with Gasteiger partial charge in [-0.2, -0.15) is 14.5 Å². The number of aromatic nitrogens is 5. The largest absolute Gasteiger partial charge is 0.345 e. The van der Waals surface area contributed by atoms with Gasteiger partial charge in [-0.3, -0.25) is 9.25 Å². The summed E-state index contributed by atoms with van der Waals surface area (Å²) >= 11 is 0. The van der Waals surface area contributed by atoms with Crippen LogP contribution in [0.4, 0.5) is 0 Å². The van der Waals surface area contributed by atoms with Crippen LogP contribution in [0.2, 0.25) is 0 Å². The van der Waals surface area contributed by atoms with E-state index in [0.29, 0.717) is 37.7 Å². The van der Waals surface area contributed by atoms with E-state index in [1.54, 1.807) is 23.2 Å². The Morgan fingerprint density at radius 3 is 2.62 bits per heavy atom. The fraction of sp³-hybridized carbons (Fsp3) is 0.688. The number of hydrogen-bond acceptors (Lipinski definition) is 5. The molecule has 1 aliphatic rings. The molecular weight excluding hydrogens is 356 g/mol. The summed E-state index contributed by atoms with van der Waals surface area (Å²) in [7, 11) is -1.99. The Morgan fingerprint density at radius 2 is 2.00 bits per heavy atom. The molecule has 0 bridgehead atoms. The first-order valence-electron chi connectivity index (χ1n) is 8.97. The zero-order valence-corrected chi connectivity index (χ0v) is 16.5. The van der Waals surface area contributed by atoms with Crippen LogP contribution in [0.5, 0.6) is 0 Å². The highest BCUT2D eigenvalue weighted by Gasteiger charge is 2.35. The average molecular weight is 382 g/mol. The van der Waals surface area contributed by atoms with Crippen molar-refractivity contribution in [3.63, 3.8) is 0 Å². The molecule has 0 aliphatic carbocycles. The van der Waals surface area contributed by atoms with E-state index < -0.39 is 10.0 Å². The van der Waals surface area contributed by atoms with Crippen LogP contribution in [0.3, 0.4) is 0 Å². The van der Waals surface area contributed by atoms with E-state index >= 15 is 0 Å². The van der Waals surface area contributed by atoms with Gasteiger partial charge in [0, 0.05) is 39.1 Å². The minimum Gasteiger partial charge on any atom is -0.279 e. The maximum atomic E-state index is 13.1. The molecule has 3 heterocycles. The molecule has 0 N–H and O–H groups in total.